The van der Waals surface area contributed by atoms with Crippen LogP contribution in [0.3, 0.4) is 0 Å². The van der Waals surface area contributed by atoms with Crippen LogP contribution in [0, 0.1) is 0 Å². The van der Waals surface area contributed by atoms with Crippen molar-refractivity contribution >= 4 is 11.9 Å². The highest BCUT2D eigenvalue weighted by Gasteiger charge is 2.20. The molecule has 6 nitrogen and oxygen atoms in total. The van der Waals surface area contributed by atoms with E-state index in [1.807, 2.05) is 6.07 Å². The Morgan fingerprint density at radius 3 is 2.31 bits per heavy atom. The van der Waals surface area contributed by atoms with E-state index < -0.39 is 11.9 Å². The fraction of sp³-hybridized carbons (Fsp3) is 0.300. The molecule has 26 heavy (non-hydrogen) atoms. The fourth-order valence-electron chi connectivity index (χ4n) is 2.43. The molecule has 0 saturated carbocycles. The number of ether oxygens (including phenoxy) is 2. The van der Waals surface area contributed by atoms with E-state index in [0.29, 0.717) is 24.3 Å². The summed E-state index contributed by atoms with van der Waals surface area (Å²) in [6.45, 7) is 0.471. The number of carboxylic acids is 1. The van der Waals surface area contributed by atoms with E-state index in [2.05, 4.69) is 5.32 Å². The Hall–Kier alpha value is -3.02. The molecule has 0 aliphatic heterocycles. The molecular formula is C20H23NO5. The largest absolute Gasteiger partial charge is 0.497 e. The smallest absolute Gasteiger partial charge is 0.312 e. The number of nitrogens with one attached hydrogen (secondary N) is 1. The van der Waals surface area contributed by atoms with Gasteiger partial charge in [0, 0.05) is 13.0 Å². The van der Waals surface area contributed by atoms with Gasteiger partial charge in [-0.3, -0.25) is 9.59 Å². The number of carbonyl (C=O) groups is 2. The summed E-state index contributed by atoms with van der Waals surface area (Å²) in [6.07, 6.45) is 0.818. The summed E-state index contributed by atoms with van der Waals surface area (Å²) in [5.41, 5.74) is 0.670. The average molecular weight is 357 g/mol. The Kier molecular flexibility index (Phi) is 7.49. The van der Waals surface area contributed by atoms with Gasteiger partial charge in [-0.05, 0) is 36.2 Å². The maximum Gasteiger partial charge on any atom is 0.312 e. The van der Waals surface area contributed by atoms with Gasteiger partial charge in [-0.1, -0.05) is 30.3 Å². The van der Waals surface area contributed by atoms with Crippen LogP contribution in [-0.4, -0.2) is 37.2 Å². The molecule has 138 valence electrons. The molecule has 2 rings (SSSR count). The van der Waals surface area contributed by atoms with Crippen LogP contribution in [0.4, 0.5) is 0 Å². The summed E-state index contributed by atoms with van der Waals surface area (Å²) >= 11 is 0. The number of carbonyl (C=O) groups excluding carboxylic acids is 1. The van der Waals surface area contributed by atoms with Crippen molar-refractivity contribution in [1.82, 2.24) is 5.32 Å². The molecule has 2 N–H and O–H groups in total. The number of carboxylic acid groups (broad SMARTS) is 1. The van der Waals surface area contributed by atoms with Crippen LogP contribution in [0.25, 0.3) is 0 Å². The van der Waals surface area contributed by atoms with Crippen molar-refractivity contribution in [3.8, 4) is 11.5 Å². The number of methoxy groups -OCH3 is 1. The molecular weight excluding hydrogens is 334 g/mol. The quantitative estimate of drug-likeness (QED) is 0.639. The summed E-state index contributed by atoms with van der Waals surface area (Å²) in [6, 6.07) is 16.1. The van der Waals surface area contributed by atoms with Gasteiger partial charge in [-0.15, -0.1) is 0 Å². The minimum absolute atomic E-state index is 0.0670. The van der Waals surface area contributed by atoms with E-state index in [4.69, 9.17) is 9.47 Å². The second-order valence-corrected chi connectivity index (χ2v) is 5.73. The predicted octanol–water partition coefficient (Wildman–Crippen LogP) is 2.84. The van der Waals surface area contributed by atoms with Gasteiger partial charge in [0.15, 0.2) is 0 Å². The van der Waals surface area contributed by atoms with Crippen LogP contribution in [0.2, 0.25) is 0 Å². The Balaban J connectivity index is 1.70. The SMILES string of the molecule is COc1ccc(OCCCC(=O)NCC(C(=O)O)c2ccccc2)cc1. The molecule has 0 aliphatic carbocycles. The van der Waals surface area contributed by atoms with Gasteiger partial charge in [0.2, 0.25) is 5.91 Å². The number of amides is 1. The predicted molar refractivity (Wildman–Crippen MR) is 97.6 cm³/mol. The molecule has 2 aromatic rings. The third-order valence-corrected chi connectivity index (χ3v) is 3.88. The summed E-state index contributed by atoms with van der Waals surface area (Å²) in [7, 11) is 1.60. The summed E-state index contributed by atoms with van der Waals surface area (Å²) < 4.78 is 10.6. The minimum atomic E-state index is -0.959. The molecule has 0 radical (unpaired) electrons. The van der Waals surface area contributed by atoms with Crippen molar-refractivity contribution in [2.75, 3.05) is 20.3 Å². The van der Waals surface area contributed by atoms with Crippen molar-refractivity contribution in [1.29, 1.82) is 0 Å². The van der Waals surface area contributed by atoms with Crippen molar-refractivity contribution in [2.45, 2.75) is 18.8 Å². The molecule has 1 unspecified atom stereocenters. The van der Waals surface area contributed by atoms with Crippen molar-refractivity contribution in [2.24, 2.45) is 0 Å². The maximum atomic E-state index is 11.9. The number of benzene rings is 2. The zero-order valence-electron chi connectivity index (χ0n) is 14.7. The first-order valence-corrected chi connectivity index (χ1v) is 8.41. The monoisotopic (exact) mass is 357 g/mol. The molecule has 0 heterocycles. The molecule has 0 aromatic heterocycles. The molecule has 2 aromatic carbocycles. The van der Waals surface area contributed by atoms with Gasteiger partial charge >= 0.3 is 5.97 Å². The standard InChI is InChI=1S/C20H23NO5/c1-25-16-9-11-17(12-10-16)26-13-5-8-19(22)21-14-18(20(23)24)15-6-3-2-4-7-15/h2-4,6-7,9-12,18H,5,8,13-14H2,1H3,(H,21,22)(H,23,24). The third kappa shape index (κ3) is 6.12. The molecule has 0 bridgehead atoms. The molecule has 0 spiro atoms. The van der Waals surface area contributed by atoms with Crippen LogP contribution in [0.1, 0.15) is 24.3 Å². The topological polar surface area (TPSA) is 84.9 Å². The average Bonchev–Trinajstić information content (AvgIpc) is 2.66. The molecule has 1 atom stereocenters. The van der Waals surface area contributed by atoms with Crippen LogP contribution < -0.4 is 14.8 Å². The van der Waals surface area contributed by atoms with Gasteiger partial charge in [0.1, 0.15) is 11.5 Å². The highest BCUT2D eigenvalue weighted by atomic mass is 16.5. The molecule has 0 fully saturated rings. The Bertz CT molecular complexity index is 700. The zero-order valence-corrected chi connectivity index (χ0v) is 14.7. The second-order valence-electron chi connectivity index (χ2n) is 5.73. The van der Waals surface area contributed by atoms with Gasteiger partial charge in [-0.25, -0.2) is 0 Å². The Labute approximate surface area is 152 Å². The normalized spacial score (nSPS) is 11.4. The lowest BCUT2D eigenvalue weighted by molar-refractivity contribution is -0.138. The van der Waals surface area contributed by atoms with Gasteiger partial charge in [0.25, 0.3) is 0 Å². The van der Waals surface area contributed by atoms with E-state index in [1.165, 1.54) is 0 Å². The lowest BCUT2D eigenvalue weighted by Crippen LogP contribution is -2.31. The lowest BCUT2D eigenvalue weighted by atomic mass is 9.99. The maximum absolute atomic E-state index is 11.9. The highest BCUT2D eigenvalue weighted by Crippen LogP contribution is 2.17. The van der Waals surface area contributed by atoms with Crippen molar-refractivity contribution < 1.29 is 24.2 Å². The zero-order chi connectivity index (χ0) is 18.8. The van der Waals surface area contributed by atoms with Crippen molar-refractivity contribution in [3.63, 3.8) is 0 Å². The first-order valence-electron chi connectivity index (χ1n) is 8.41. The third-order valence-electron chi connectivity index (χ3n) is 3.88. The van der Waals surface area contributed by atoms with Crippen LogP contribution >= 0.6 is 0 Å². The number of hydrogen-bond acceptors (Lipinski definition) is 4. The van der Waals surface area contributed by atoms with Crippen LogP contribution in [0.5, 0.6) is 11.5 Å². The summed E-state index contributed by atoms with van der Waals surface area (Å²) in [4.78, 5) is 23.3. The van der Waals surface area contributed by atoms with E-state index in [0.717, 1.165) is 5.75 Å². The van der Waals surface area contributed by atoms with E-state index >= 15 is 0 Å². The number of hydrogen-bond donors (Lipinski definition) is 2. The van der Waals surface area contributed by atoms with Gasteiger partial charge in [-0.2, -0.15) is 0 Å². The molecule has 6 heteroatoms. The van der Waals surface area contributed by atoms with Crippen molar-refractivity contribution in [3.05, 3.63) is 60.2 Å². The number of rotatable bonds is 10. The highest BCUT2D eigenvalue weighted by molar-refractivity contribution is 5.79. The Morgan fingerprint density at radius 1 is 1.04 bits per heavy atom. The van der Waals surface area contributed by atoms with Gasteiger partial charge < -0.3 is 19.9 Å². The minimum Gasteiger partial charge on any atom is -0.497 e. The molecule has 0 aliphatic rings. The first-order chi connectivity index (χ1) is 12.6. The lowest BCUT2D eigenvalue weighted by Gasteiger charge is -2.14. The van der Waals surface area contributed by atoms with E-state index in [9.17, 15) is 14.7 Å². The molecule has 0 saturated heterocycles. The molecule has 1 amide bonds. The number of aliphatic carboxylic acids is 1. The Morgan fingerprint density at radius 2 is 1.69 bits per heavy atom. The summed E-state index contributed by atoms with van der Waals surface area (Å²) in [5, 5.41) is 12.0. The van der Waals surface area contributed by atoms with E-state index in [1.54, 1.807) is 55.6 Å². The first kappa shape index (κ1) is 19.3. The second kappa shape index (κ2) is 10.1. The van der Waals surface area contributed by atoms with Gasteiger partial charge in [0.05, 0.1) is 19.6 Å². The summed E-state index contributed by atoms with van der Waals surface area (Å²) in [5.74, 6) is -0.440. The fourth-order valence-corrected chi connectivity index (χ4v) is 2.43. The van der Waals surface area contributed by atoms with Crippen LogP contribution in [-0.2, 0) is 9.59 Å². The van der Waals surface area contributed by atoms with Crippen LogP contribution in [0.15, 0.2) is 54.6 Å². The van der Waals surface area contributed by atoms with E-state index in [-0.39, 0.29) is 18.9 Å².